The number of aromatic nitrogens is 1. The van der Waals surface area contributed by atoms with Crippen LogP contribution in [0.4, 0.5) is 5.69 Å². The van der Waals surface area contributed by atoms with Gasteiger partial charge in [-0.1, -0.05) is 36.4 Å². The molecule has 0 aliphatic rings. The van der Waals surface area contributed by atoms with Crippen LogP contribution in [-0.2, 0) is 0 Å². The zero-order chi connectivity index (χ0) is 13.3. The van der Waals surface area contributed by atoms with Crippen molar-refractivity contribution in [1.82, 2.24) is 4.98 Å². The molecular formula is C15H12ClN3. The smallest absolute Gasteiger partial charge is 0.114 e. The Bertz CT molecular complexity index is 652. The summed E-state index contributed by atoms with van der Waals surface area (Å²) in [4.78, 5) is 6.90. The fourth-order valence-corrected chi connectivity index (χ4v) is 1.61. The van der Waals surface area contributed by atoms with E-state index in [-0.39, 0.29) is 0 Å². The Kier molecular flexibility index (Phi) is 4.94. The number of rotatable bonds is 1. The SMILES string of the molecule is ClN=C=Nc1ccccc1.c1ccc2[nH]ccc2c1. The molecule has 1 N–H and O–H groups in total. The molecule has 4 heteroatoms. The maximum atomic E-state index is 4.97. The molecule has 0 saturated carbocycles. The van der Waals surface area contributed by atoms with Gasteiger partial charge >= 0.3 is 0 Å². The van der Waals surface area contributed by atoms with Gasteiger partial charge in [-0.15, -0.1) is 4.51 Å². The molecule has 3 nitrogen and oxygen atoms in total. The minimum Gasteiger partial charge on any atom is -0.361 e. The monoisotopic (exact) mass is 269 g/mol. The molecule has 19 heavy (non-hydrogen) atoms. The van der Waals surface area contributed by atoms with Gasteiger partial charge in [-0.25, -0.2) is 0 Å². The van der Waals surface area contributed by atoms with Gasteiger partial charge in [0.05, 0.1) is 5.69 Å². The highest BCUT2D eigenvalue weighted by atomic mass is 35.5. The number of para-hydroxylation sites is 2. The number of hydrogen-bond donors (Lipinski definition) is 1. The highest BCUT2D eigenvalue weighted by Crippen LogP contribution is 2.09. The number of halogens is 1. The standard InChI is InChI=1S/C8H7N.C7H5ClN2/c1-2-4-8-7(3-1)5-6-9-8;8-10-6-9-7-4-2-1-3-5-7/h1-6,9H;1-5H. The van der Waals surface area contributed by atoms with Crippen molar-refractivity contribution >= 4 is 34.4 Å². The highest BCUT2D eigenvalue weighted by Gasteiger charge is 1.86. The maximum absolute atomic E-state index is 4.97. The minimum atomic E-state index is 0.798. The van der Waals surface area contributed by atoms with E-state index in [1.54, 1.807) is 0 Å². The first-order chi connectivity index (χ1) is 9.40. The maximum Gasteiger partial charge on any atom is 0.114 e. The lowest BCUT2D eigenvalue weighted by Crippen LogP contribution is -1.61. The van der Waals surface area contributed by atoms with Gasteiger partial charge in [0.25, 0.3) is 0 Å². The minimum absolute atomic E-state index is 0.798. The average Bonchev–Trinajstić information content (AvgIpc) is 2.95. The molecule has 3 aromatic rings. The normalized spacial score (nSPS) is 9.11. The number of fused-ring (bicyclic) bond motifs is 1. The molecule has 1 heterocycles. The fraction of sp³-hybridized carbons (Fsp3) is 0. The lowest BCUT2D eigenvalue weighted by Gasteiger charge is -1.84. The summed E-state index contributed by atoms with van der Waals surface area (Å²) in [5.74, 6) is 0. The van der Waals surface area contributed by atoms with E-state index in [2.05, 4.69) is 38.7 Å². The summed E-state index contributed by atoms with van der Waals surface area (Å²) in [6.45, 7) is 0. The van der Waals surface area contributed by atoms with Gasteiger partial charge in [0.2, 0.25) is 0 Å². The van der Waals surface area contributed by atoms with Gasteiger partial charge in [-0.05, 0) is 29.7 Å². The second kappa shape index (κ2) is 7.17. The summed E-state index contributed by atoms with van der Waals surface area (Å²) < 4.78 is 3.09. The van der Waals surface area contributed by atoms with Crippen molar-refractivity contribution in [3.8, 4) is 0 Å². The van der Waals surface area contributed by atoms with Crippen LogP contribution in [0.15, 0.2) is 76.4 Å². The summed E-state index contributed by atoms with van der Waals surface area (Å²) in [5.41, 5.74) is 2.00. The number of H-pyrrole nitrogens is 1. The van der Waals surface area contributed by atoms with E-state index < -0.39 is 0 Å². The molecule has 0 unspecified atom stereocenters. The third kappa shape index (κ3) is 4.11. The number of nitrogens with one attached hydrogen (secondary N) is 1. The van der Waals surface area contributed by atoms with E-state index in [0.717, 1.165) is 5.69 Å². The molecule has 3 rings (SSSR count). The summed E-state index contributed by atoms with van der Waals surface area (Å²) in [6, 6.07) is 21.9. The predicted molar refractivity (Wildman–Crippen MR) is 80.1 cm³/mol. The average molecular weight is 270 g/mol. The lowest BCUT2D eigenvalue weighted by atomic mass is 10.3. The first-order valence-corrected chi connectivity index (χ1v) is 6.08. The molecule has 0 atom stereocenters. The van der Waals surface area contributed by atoms with Crippen LogP contribution in [0.3, 0.4) is 0 Å². The van der Waals surface area contributed by atoms with E-state index in [1.165, 1.54) is 10.9 Å². The molecule has 94 valence electrons. The first kappa shape index (κ1) is 13.1. The number of benzene rings is 2. The van der Waals surface area contributed by atoms with Crippen LogP contribution in [0.2, 0.25) is 0 Å². The predicted octanol–water partition coefficient (Wildman–Crippen LogP) is 4.81. The molecule has 0 aliphatic heterocycles. The molecule has 0 fully saturated rings. The number of nitrogens with zero attached hydrogens (tertiary/aromatic N) is 2. The molecule has 0 amide bonds. The summed E-state index contributed by atoms with van der Waals surface area (Å²) in [6.07, 6.45) is 1.95. The Hall–Kier alpha value is -2.35. The van der Waals surface area contributed by atoms with Crippen LogP contribution in [0, 0.1) is 0 Å². The first-order valence-electron chi connectivity index (χ1n) is 5.74. The molecule has 0 aliphatic carbocycles. The Morgan fingerprint density at radius 3 is 2.37 bits per heavy atom. The zero-order valence-corrected chi connectivity index (χ0v) is 10.9. The molecule has 0 radical (unpaired) electrons. The fourth-order valence-electron chi connectivity index (χ4n) is 1.57. The van der Waals surface area contributed by atoms with Crippen molar-refractivity contribution in [3.63, 3.8) is 0 Å². The number of hydrogen-bond acceptors (Lipinski definition) is 2. The Balaban J connectivity index is 0.000000141. The van der Waals surface area contributed by atoms with Crippen LogP contribution in [0.5, 0.6) is 0 Å². The summed E-state index contributed by atoms with van der Waals surface area (Å²) >= 11 is 4.97. The highest BCUT2D eigenvalue weighted by molar-refractivity contribution is 6.16. The topological polar surface area (TPSA) is 40.5 Å². The van der Waals surface area contributed by atoms with Crippen LogP contribution < -0.4 is 0 Å². The third-order valence-electron chi connectivity index (χ3n) is 2.44. The van der Waals surface area contributed by atoms with E-state index in [4.69, 9.17) is 11.8 Å². The number of aromatic amines is 1. The second-order valence-electron chi connectivity index (χ2n) is 3.70. The van der Waals surface area contributed by atoms with Gasteiger partial charge in [-0.3, -0.25) is 0 Å². The van der Waals surface area contributed by atoms with Crippen molar-refractivity contribution in [3.05, 3.63) is 66.9 Å². The van der Waals surface area contributed by atoms with E-state index in [9.17, 15) is 0 Å². The third-order valence-corrected chi connectivity index (χ3v) is 2.51. The van der Waals surface area contributed by atoms with Crippen LogP contribution in [-0.4, -0.2) is 11.0 Å². The van der Waals surface area contributed by atoms with E-state index in [0.29, 0.717) is 0 Å². The Labute approximate surface area is 116 Å². The Morgan fingerprint density at radius 1 is 0.895 bits per heavy atom. The van der Waals surface area contributed by atoms with Gasteiger partial charge < -0.3 is 4.98 Å². The summed E-state index contributed by atoms with van der Waals surface area (Å²) in [5, 5.41) is 1.28. The van der Waals surface area contributed by atoms with Crippen molar-refractivity contribution in [2.45, 2.75) is 0 Å². The molecule has 2 aromatic carbocycles. The van der Waals surface area contributed by atoms with Crippen molar-refractivity contribution in [2.24, 2.45) is 9.50 Å². The van der Waals surface area contributed by atoms with Crippen LogP contribution in [0.1, 0.15) is 0 Å². The molecule has 0 spiro atoms. The van der Waals surface area contributed by atoms with Crippen LogP contribution >= 0.6 is 11.8 Å². The molecular weight excluding hydrogens is 258 g/mol. The van der Waals surface area contributed by atoms with Crippen molar-refractivity contribution in [1.29, 1.82) is 0 Å². The lowest BCUT2D eigenvalue weighted by molar-refractivity contribution is 1.48. The van der Waals surface area contributed by atoms with Gasteiger partial charge in [0.15, 0.2) is 0 Å². The van der Waals surface area contributed by atoms with E-state index >= 15 is 0 Å². The molecule has 0 saturated heterocycles. The van der Waals surface area contributed by atoms with Gasteiger partial charge in [-0.2, -0.15) is 4.99 Å². The molecule has 1 aromatic heterocycles. The van der Waals surface area contributed by atoms with E-state index in [1.807, 2.05) is 48.7 Å². The zero-order valence-electron chi connectivity index (χ0n) is 10.1. The van der Waals surface area contributed by atoms with Crippen LogP contribution in [0.25, 0.3) is 10.9 Å². The Morgan fingerprint density at radius 2 is 1.63 bits per heavy atom. The van der Waals surface area contributed by atoms with Crippen molar-refractivity contribution in [2.75, 3.05) is 0 Å². The summed E-state index contributed by atoms with van der Waals surface area (Å²) in [7, 11) is 0. The van der Waals surface area contributed by atoms with Gasteiger partial charge in [0.1, 0.15) is 6.01 Å². The quantitative estimate of drug-likeness (QED) is 0.616. The van der Waals surface area contributed by atoms with Crippen molar-refractivity contribution < 1.29 is 0 Å². The number of aliphatic imine (C=N–C) groups is 1. The molecule has 0 bridgehead atoms. The second-order valence-corrected chi connectivity index (χ2v) is 3.87. The largest absolute Gasteiger partial charge is 0.361 e. The van der Waals surface area contributed by atoms with Gasteiger partial charge in [0, 0.05) is 23.5 Å².